The standard InChI is InChI=1S/C11H17Cl/c12-11-6-5-10(8-11)7-9-3-1-2-4-9/h8-9,11H,1-7H2. The molecular weight excluding hydrogens is 168 g/mol. The molecule has 0 aromatic rings. The molecule has 0 bridgehead atoms. The highest BCUT2D eigenvalue weighted by atomic mass is 35.5. The zero-order valence-corrected chi connectivity index (χ0v) is 8.32. The maximum Gasteiger partial charge on any atom is 0.0521 e. The SMILES string of the molecule is ClC1C=C(CC2CCCC2)CC1. The molecule has 0 aliphatic heterocycles. The fraction of sp³-hybridized carbons (Fsp3) is 0.818. The van der Waals surface area contributed by atoms with Crippen LogP contribution in [0.3, 0.4) is 0 Å². The van der Waals surface area contributed by atoms with Gasteiger partial charge in [0.15, 0.2) is 0 Å². The third kappa shape index (κ3) is 2.04. The summed E-state index contributed by atoms with van der Waals surface area (Å²) >= 11 is 6.02. The first-order valence-electron chi connectivity index (χ1n) is 5.18. The number of halogens is 1. The molecule has 0 saturated heterocycles. The van der Waals surface area contributed by atoms with Gasteiger partial charge in [0.05, 0.1) is 5.38 Å². The molecule has 1 unspecified atom stereocenters. The van der Waals surface area contributed by atoms with Gasteiger partial charge in [-0.1, -0.05) is 37.3 Å². The quantitative estimate of drug-likeness (QED) is 0.451. The van der Waals surface area contributed by atoms with Crippen molar-refractivity contribution in [3.63, 3.8) is 0 Å². The summed E-state index contributed by atoms with van der Waals surface area (Å²) in [4.78, 5) is 0. The highest BCUT2D eigenvalue weighted by Gasteiger charge is 2.19. The van der Waals surface area contributed by atoms with E-state index in [1.807, 2.05) is 0 Å². The van der Waals surface area contributed by atoms with Crippen LogP contribution >= 0.6 is 11.6 Å². The van der Waals surface area contributed by atoms with E-state index in [2.05, 4.69) is 6.08 Å². The second-order valence-electron chi connectivity index (χ2n) is 4.23. The van der Waals surface area contributed by atoms with Gasteiger partial charge in [-0.3, -0.25) is 0 Å². The Morgan fingerprint density at radius 3 is 2.58 bits per heavy atom. The van der Waals surface area contributed by atoms with Crippen molar-refractivity contribution in [2.75, 3.05) is 0 Å². The third-order valence-electron chi connectivity index (χ3n) is 3.18. The molecule has 0 amide bonds. The first kappa shape index (κ1) is 8.62. The van der Waals surface area contributed by atoms with Crippen molar-refractivity contribution < 1.29 is 0 Å². The van der Waals surface area contributed by atoms with Crippen molar-refractivity contribution in [1.82, 2.24) is 0 Å². The van der Waals surface area contributed by atoms with Gasteiger partial charge in [0.2, 0.25) is 0 Å². The van der Waals surface area contributed by atoms with Gasteiger partial charge >= 0.3 is 0 Å². The summed E-state index contributed by atoms with van der Waals surface area (Å²) in [5, 5.41) is 0.349. The largest absolute Gasteiger partial charge is 0.118 e. The maximum atomic E-state index is 6.02. The molecule has 2 aliphatic carbocycles. The van der Waals surface area contributed by atoms with E-state index in [1.165, 1.54) is 44.9 Å². The summed E-state index contributed by atoms with van der Waals surface area (Å²) in [5.74, 6) is 0.998. The Morgan fingerprint density at radius 2 is 2.00 bits per heavy atom. The molecule has 0 radical (unpaired) electrons. The van der Waals surface area contributed by atoms with Gasteiger partial charge < -0.3 is 0 Å². The normalized spacial score (nSPS) is 31.1. The highest BCUT2D eigenvalue weighted by molar-refractivity contribution is 6.22. The van der Waals surface area contributed by atoms with Crippen molar-refractivity contribution in [2.24, 2.45) is 5.92 Å². The van der Waals surface area contributed by atoms with E-state index in [4.69, 9.17) is 11.6 Å². The number of hydrogen-bond donors (Lipinski definition) is 0. The van der Waals surface area contributed by atoms with Crippen LogP contribution in [0.4, 0.5) is 0 Å². The van der Waals surface area contributed by atoms with Crippen LogP contribution in [0, 0.1) is 5.92 Å². The van der Waals surface area contributed by atoms with E-state index in [1.54, 1.807) is 5.57 Å². The van der Waals surface area contributed by atoms with E-state index in [9.17, 15) is 0 Å². The molecule has 1 heteroatoms. The van der Waals surface area contributed by atoms with Crippen LogP contribution < -0.4 is 0 Å². The van der Waals surface area contributed by atoms with E-state index >= 15 is 0 Å². The van der Waals surface area contributed by atoms with Crippen LogP contribution in [0.1, 0.15) is 44.9 Å². The minimum absolute atomic E-state index is 0.349. The summed E-state index contributed by atoms with van der Waals surface area (Å²) in [5.41, 5.74) is 1.64. The van der Waals surface area contributed by atoms with Gasteiger partial charge in [-0.15, -0.1) is 11.6 Å². The molecule has 1 atom stereocenters. The summed E-state index contributed by atoms with van der Waals surface area (Å²) in [6.07, 6.45) is 11.9. The maximum absolute atomic E-state index is 6.02. The Bertz CT molecular complexity index is 177. The lowest BCUT2D eigenvalue weighted by molar-refractivity contribution is 0.537. The van der Waals surface area contributed by atoms with Crippen molar-refractivity contribution in [1.29, 1.82) is 0 Å². The summed E-state index contributed by atoms with van der Waals surface area (Å²) < 4.78 is 0. The predicted octanol–water partition coefficient (Wildman–Crippen LogP) is 3.89. The van der Waals surface area contributed by atoms with Gasteiger partial charge in [-0.25, -0.2) is 0 Å². The summed E-state index contributed by atoms with van der Waals surface area (Å²) in [6.45, 7) is 0. The van der Waals surface area contributed by atoms with Gasteiger partial charge in [0.25, 0.3) is 0 Å². The monoisotopic (exact) mass is 184 g/mol. The van der Waals surface area contributed by atoms with Crippen LogP contribution in [-0.2, 0) is 0 Å². The molecule has 1 saturated carbocycles. The number of hydrogen-bond acceptors (Lipinski definition) is 0. The number of rotatable bonds is 2. The van der Waals surface area contributed by atoms with Gasteiger partial charge in [0.1, 0.15) is 0 Å². The smallest absolute Gasteiger partial charge is 0.0521 e. The molecular formula is C11H17Cl. The molecule has 0 heterocycles. The van der Waals surface area contributed by atoms with Gasteiger partial charge in [0, 0.05) is 0 Å². The molecule has 1 fully saturated rings. The Balaban J connectivity index is 1.82. The Labute approximate surface area is 80.0 Å². The Kier molecular flexibility index (Phi) is 2.75. The highest BCUT2D eigenvalue weighted by Crippen LogP contribution is 2.34. The van der Waals surface area contributed by atoms with Crippen LogP contribution in [0.15, 0.2) is 11.6 Å². The predicted molar refractivity (Wildman–Crippen MR) is 53.5 cm³/mol. The molecule has 0 aromatic carbocycles. The lowest BCUT2D eigenvalue weighted by atomic mass is 9.98. The van der Waals surface area contributed by atoms with Crippen molar-refractivity contribution >= 4 is 11.6 Å². The lowest BCUT2D eigenvalue weighted by Crippen LogP contribution is -1.93. The average Bonchev–Trinajstić information content (AvgIpc) is 2.63. The summed E-state index contributed by atoms with van der Waals surface area (Å²) in [6, 6.07) is 0. The molecule has 0 nitrogen and oxygen atoms in total. The first-order chi connectivity index (χ1) is 5.84. The van der Waals surface area contributed by atoms with Gasteiger partial charge in [-0.2, -0.15) is 0 Å². The number of alkyl halides is 1. The fourth-order valence-electron chi connectivity index (χ4n) is 2.50. The second kappa shape index (κ2) is 3.83. The Hall–Kier alpha value is 0.0300. The van der Waals surface area contributed by atoms with E-state index in [0.29, 0.717) is 5.38 Å². The van der Waals surface area contributed by atoms with Crippen molar-refractivity contribution in [2.45, 2.75) is 50.3 Å². The first-order valence-corrected chi connectivity index (χ1v) is 5.62. The molecule has 0 aromatic heterocycles. The van der Waals surface area contributed by atoms with E-state index in [0.717, 1.165) is 5.92 Å². The third-order valence-corrected chi connectivity index (χ3v) is 3.53. The zero-order valence-electron chi connectivity index (χ0n) is 7.56. The minimum atomic E-state index is 0.349. The van der Waals surface area contributed by atoms with Crippen LogP contribution in [0.25, 0.3) is 0 Å². The lowest BCUT2D eigenvalue weighted by Gasteiger charge is -2.08. The molecule has 12 heavy (non-hydrogen) atoms. The van der Waals surface area contributed by atoms with Crippen LogP contribution in [0.5, 0.6) is 0 Å². The minimum Gasteiger partial charge on any atom is -0.118 e. The van der Waals surface area contributed by atoms with Crippen molar-refractivity contribution in [3.8, 4) is 0 Å². The van der Waals surface area contributed by atoms with Crippen LogP contribution in [0.2, 0.25) is 0 Å². The van der Waals surface area contributed by atoms with Crippen molar-refractivity contribution in [3.05, 3.63) is 11.6 Å². The van der Waals surface area contributed by atoms with E-state index < -0.39 is 0 Å². The molecule has 2 rings (SSSR count). The fourth-order valence-corrected chi connectivity index (χ4v) is 2.79. The second-order valence-corrected chi connectivity index (χ2v) is 4.79. The topological polar surface area (TPSA) is 0 Å². The number of allylic oxidation sites excluding steroid dienone is 2. The average molecular weight is 185 g/mol. The summed E-state index contributed by atoms with van der Waals surface area (Å²) in [7, 11) is 0. The molecule has 0 N–H and O–H groups in total. The molecule has 2 aliphatic rings. The van der Waals surface area contributed by atoms with E-state index in [-0.39, 0.29) is 0 Å². The zero-order chi connectivity index (χ0) is 8.39. The molecule has 68 valence electrons. The van der Waals surface area contributed by atoms with Crippen LogP contribution in [-0.4, -0.2) is 5.38 Å². The van der Waals surface area contributed by atoms with Gasteiger partial charge in [-0.05, 0) is 25.2 Å². The molecule has 0 spiro atoms. The Morgan fingerprint density at radius 1 is 1.25 bits per heavy atom.